The van der Waals surface area contributed by atoms with E-state index in [9.17, 15) is 13.6 Å². The minimum absolute atomic E-state index is 0.00528. The molecule has 0 aromatic carbocycles. The van der Waals surface area contributed by atoms with Crippen molar-refractivity contribution >= 4 is 5.91 Å². The fourth-order valence-electron chi connectivity index (χ4n) is 3.27. The first-order valence-corrected chi connectivity index (χ1v) is 7.70. The topological polar surface area (TPSA) is 56.1 Å². The SMILES string of the molecule is CO[C@]1(C)C[C@@H](NC(=O)Cc2c(C)nn(C(F)F)c2C)C1(C)C. The molecule has 1 heterocycles. The van der Waals surface area contributed by atoms with Crippen molar-refractivity contribution in [2.24, 2.45) is 5.41 Å². The van der Waals surface area contributed by atoms with Crippen LogP contribution < -0.4 is 5.32 Å². The number of halogens is 2. The molecule has 1 aliphatic rings. The van der Waals surface area contributed by atoms with Gasteiger partial charge in [0, 0.05) is 29.8 Å². The lowest BCUT2D eigenvalue weighted by Gasteiger charge is -2.59. The minimum atomic E-state index is -2.70. The van der Waals surface area contributed by atoms with Gasteiger partial charge in [0.2, 0.25) is 5.91 Å². The summed E-state index contributed by atoms with van der Waals surface area (Å²) >= 11 is 0. The third-order valence-electron chi connectivity index (χ3n) is 5.61. The van der Waals surface area contributed by atoms with Crippen LogP contribution in [0.25, 0.3) is 0 Å². The lowest BCUT2D eigenvalue weighted by Crippen LogP contribution is -2.68. The van der Waals surface area contributed by atoms with Gasteiger partial charge in [0.15, 0.2) is 0 Å². The number of carbonyl (C=O) groups is 1. The minimum Gasteiger partial charge on any atom is -0.378 e. The number of ether oxygens (including phenoxy) is 1. The van der Waals surface area contributed by atoms with E-state index in [1.807, 2.05) is 6.92 Å². The first-order chi connectivity index (χ1) is 10.5. The number of hydrogen-bond donors (Lipinski definition) is 1. The second-order valence-corrected chi connectivity index (χ2v) is 7.03. The summed E-state index contributed by atoms with van der Waals surface area (Å²) in [6.07, 6.45) is 0.789. The molecule has 0 bridgehead atoms. The molecule has 0 aliphatic heterocycles. The van der Waals surface area contributed by atoms with Crippen LogP contribution >= 0.6 is 0 Å². The van der Waals surface area contributed by atoms with Crippen LogP contribution in [-0.2, 0) is 16.0 Å². The van der Waals surface area contributed by atoms with Gasteiger partial charge in [0.25, 0.3) is 0 Å². The summed E-state index contributed by atoms with van der Waals surface area (Å²) in [7, 11) is 1.67. The summed E-state index contributed by atoms with van der Waals surface area (Å²) in [4.78, 5) is 12.3. The summed E-state index contributed by atoms with van der Waals surface area (Å²) in [5.41, 5.74) is 0.913. The molecule has 0 unspecified atom stereocenters. The Morgan fingerprint density at radius 1 is 1.43 bits per heavy atom. The number of rotatable bonds is 5. The molecular weight excluding hydrogens is 304 g/mol. The second kappa shape index (κ2) is 5.85. The maximum Gasteiger partial charge on any atom is 0.333 e. The summed E-state index contributed by atoms with van der Waals surface area (Å²) in [5, 5.41) is 6.80. The van der Waals surface area contributed by atoms with E-state index >= 15 is 0 Å². The van der Waals surface area contributed by atoms with Crippen molar-refractivity contribution in [3.63, 3.8) is 0 Å². The van der Waals surface area contributed by atoms with Gasteiger partial charge >= 0.3 is 6.55 Å². The van der Waals surface area contributed by atoms with Gasteiger partial charge in [0.05, 0.1) is 17.7 Å². The molecule has 1 saturated carbocycles. The Morgan fingerprint density at radius 3 is 2.48 bits per heavy atom. The predicted molar refractivity (Wildman–Crippen MR) is 82.4 cm³/mol. The Morgan fingerprint density at radius 2 is 2.04 bits per heavy atom. The van der Waals surface area contributed by atoms with Gasteiger partial charge in [-0.05, 0) is 27.2 Å². The Balaban J connectivity index is 2.05. The molecule has 1 aromatic heterocycles. The van der Waals surface area contributed by atoms with Crippen molar-refractivity contribution in [3.05, 3.63) is 17.0 Å². The van der Waals surface area contributed by atoms with Gasteiger partial charge in [-0.3, -0.25) is 4.79 Å². The van der Waals surface area contributed by atoms with Crippen LogP contribution in [-0.4, -0.2) is 34.4 Å². The molecule has 0 spiro atoms. The van der Waals surface area contributed by atoms with Crippen LogP contribution in [0.2, 0.25) is 0 Å². The van der Waals surface area contributed by atoms with Crippen molar-refractivity contribution in [2.75, 3.05) is 7.11 Å². The number of methoxy groups -OCH3 is 1. The lowest BCUT2D eigenvalue weighted by molar-refractivity contribution is -0.182. The van der Waals surface area contributed by atoms with Gasteiger partial charge in [0.1, 0.15) is 0 Å². The number of amides is 1. The standard InChI is InChI=1S/C16H25F2N3O2/c1-9-11(10(2)21(20-9)14(17)18)7-13(22)19-12-8-16(5,23-6)15(12,3)4/h12,14H,7-8H2,1-6H3,(H,19,22)/t12-,16-/m1/s1. The molecule has 1 N–H and O–H groups in total. The van der Waals surface area contributed by atoms with E-state index in [0.29, 0.717) is 21.6 Å². The van der Waals surface area contributed by atoms with Crippen molar-refractivity contribution in [1.82, 2.24) is 15.1 Å². The van der Waals surface area contributed by atoms with Gasteiger partial charge < -0.3 is 10.1 Å². The Hall–Kier alpha value is -1.50. The van der Waals surface area contributed by atoms with Crippen molar-refractivity contribution < 1.29 is 18.3 Å². The van der Waals surface area contributed by atoms with Crippen molar-refractivity contribution in [3.8, 4) is 0 Å². The average Bonchev–Trinajstić information content (AvgIpc) is 2.74. The smallest absolute Gasteiger partial charge is 0.333 e. The first kappa shape index (κ1) is 17.8. The molecule has 0 saturated heterocycles. The molecule has 23 heavy (non-hydrogen) atoms. The Bertz CT molecular complexity index is 613. The highest BCUT2D eigenvalue weighted by Gasteiger charge is 2.58. The van der Waals surface area contributed by atoms with E-state index in [4.69, 9.17) is 4.74 Å². The van der Waals surface area contributed by atoms with Gasteiger partial charge in [-0.1, -0.05) is 13.8 Å². The predicted octanol–water partition coefficient (Wildman–Crippen LogP) is 2.76. The van der Waals surface area contributed by atoms with E-state index in [1.165, 1.54) is 0 Å². The van der Waals surface area contributed by atoms with E-state index in [2.05, 4.69) is 24.3 Å². The summed E-state index contributed by atoms with van der Waals surface area (Å²) in [6, 6.07) is 0.00528. The zero-order valence-corrected chi connectivity index (χ0v) is 14.5. The molecule has 2 atom stereocenters. The number of nitrogens with one attached hydrogen (secondary N) is 1. The fraction of sp³-hybridized carbons (Fsp3) is 0.750. The Kier molecular flexibility index (Phi) is 4.54. The number of hydrogen-bond acceptors (Lipinski definition) is 3. The lowest BCUT2D eigenvalue weighted by atomic mass is 9.56. The van der Waals surface area contributed by atoms with E-state index in [-0.39, 0.29) is 29.4 Å². The molecule has 2 rings (SSSR count). The zero-order valence-electron chi connectivity index (χ0n) is 14.5. The quantitative estimate of drug-likeness (QED) is 0.904. The molecule has 0 radical (unpaired) electrons. The monoisotopic (exact) mass is 329 g/mol. The molecule has 1 aliphatic carbocycles. The van der Waals surface area contributed by atoms with Crippen LogP contribution in [0.15, 0.2) is 0 Å². The normalized spacial score (nSPS) is 26.2. The van der Waals surface area contributed by atoms with E-state index in [1.54, 1.807) is 21.0 Å². The second-order valence-electron chi connectivity index (χ2n) is 7.03. The van der Waals surface area contributed by atoms with Gasteiger partial charge in [-0.2, -0.15) is 13.9 Å². The van der Waals surface area contributed by atoms with Crippen LogP contribution in [0.5, 0.6) is 0 Å². The number of aromatic nitrogens is 2. The molecule has 1 fully saturated rings. The van der Waals surface area contributed by atoms with Crippen LogP contribution in [0.3, 0.4) is 0 Å². The first-order valence-electron chi connectivity index (χ1n) is 7.70. The van der Waals surface area contributed by atoms with Crippen LogP contribution in [0, 0.1) is 19.3 Å². The number of carbonyl (C=O) groups excluding carboxylic acids is 1. The third kappa shape index (κ3) is 2.86. The summed E-state index contributed by atoms with van der Waals surface area (Å²) < 4.78 is 31.9. The van der Waals surface area contributed by atoms with Gasteiger partial charge in [-0.15, -0.1) is 0 Å². The third-order valence-corrected chi connectivity index (χ3v) is 5.61. The van der Waals surface area contributed by atoms with Gasteiger partial charge in [-0.25, -0.2) is 4.68 Å². The fourth-order valence-corrected chi connectivity index (χ4v) is 3.27. The summed E-state index contributed by atoms with van der Waals surface area (Å²) in [5.74, 6) is -0.179. The highest BCUT2D eigenvalue weighted by Crippen LogP contribution is 2.51. The highest BCUT2D eigenvalue weighted by atomic mass is 19.3. The zero-order chi connectivity index (χ0) is 17.6. The van der Waals surface area contributed by atoms with Crippen molar-refractivity contribution in [2.45, 2.75) is 65.7 Å². The molecule has 130 valence electrons. The maximum absolute atomic E-state index is 12.8. The Labute approximate surface area is 135 Å². The van der Waals surface area contributed by atoms with Crippen molar-refractivity contribution in [1.29, 1.82) is 0 Å². The highest BCUT2D eigenvalue weighted by molar-refractivity contribution is 5.79. The number of aryl methyl sites for hydroxylation is 1. The van der Waals surface area contributed by atoms with Crippen LogP contribution in [0.4, 0.5) is 8.78 Å². The molecule has 1 amide bonds. The summed E-state index contributed by atoms with van der Waals surface area (Å²) in [6.45, 7) is 6.63. The molecule has 5 nitrogen and oxygen atoms in total. The van der Waals surface area contributed by atoms with E-state index in [0.717, 1.165) is 6.42 Å². The molecule has 1 aromatic rings. The maximum atomic E-state index is 12.8. The average molecular weight is 329 g/mol. The van der Waals surface area contributed by atoms with E-state index < -0.39 is 6.55 Å². The number of nitrogens with zero attached hydrogens (tertiary/aromatic N) is 2. The largest absolute Gasteiger partial charge is 0.378 e. The molecule has 7 heteroatoms. The molecular formula is C16H25F2N3O2. The van der Waals surface area contributed by atoms with Crippen LogP contribution in [0.1, 0.15) is 50.7 Å². The number of alkyl halides is 2.